The number of nitrogens with one attached hydrogen (secondary N) is 1. The van der Waals surface area contributed by atoms with Gasteiger partial charge in [0.1, 0.15) is 17.3 Å². The van der Waals surface area contributed by atoms with Crippen LogP contribution in [0.1, 0.15) is 48.4 Å². The zero-order chi connectivity index (χ0) is 22.0. The van der Waals surface area contributed by atoms with Gasteiger partial charge in [0.25, 0.3) is 5.91 Å². The number of amides is 1. The summed E-state index contributed by atoms with van der Waals surface area (Å²) < 4.78 is 7.60. The van der Waals surface area contributed by atoms with E-state index in [1.807, 2.05) is 6.07 Å². The molecule has 1 aliphatic rings. The minimum atomic E-state index is -0.313. The lowest BCUT2D eigenvalue weighted by Gasteiger charge is -2.34. The van der Waals surface area contributed by atoms with Gasteiger partial charge in [0, 0.05) is 37.4 Å². The minimum Gasteiger partial charge on any atom is -0.355 e. The van der Waals surface area contributed by atoms with Gasteiger partial charge in [0.05, 0.1) is 15.8 Å². The van der Waals surface area contributed by atoms with Crippen LogP contribution in [0.4, 0.5) is 0 Å². The van der Waals surface area contributed by atoms with Crippen LogP contribution in [0.5, 0.6) is 0 Å². The third kappa shape index (κ3) is 4.98. The van der Waals surface area contributed by atoms with E-state index < -0.39 is 0 Å². The summed E-state index contributed by atoms with van der Waals surface area (Å²) in [6, 6.07) is 8.14. The van der Waals surface area contributed by atoms with Crippen molar-refractivity contribution in [2.45, 2.75) is 45.3 Å². The van der Waals surface area contributed by atoms with Gasteiger partial charge in [-0.15, -0.1) is 11.3 Å². The smallest absolute Gasteiger partial charge is 0.273 e. The van der Waals surface area contributed by atoms with Crippen molar-refractivity contribution in [3.05, 3.63) is 45.7 Å². The number of aromatic nitrogens is 3. The number of piperidine rings is 1. The average molecular weight is 459 g/mol. The number of thiophene rings is 1. The molecule has 1 saturated heterocycles. The van der Waals surface area contributed by atoms with Crippen LogP contribution in [0.15, 0.2) is 28.9 Å². The summed E-state index contributed by atoms with van der Waals surface area (Å²) in [5.41, 5.74) is 1.02. The summed E-state index contributed by atoms with van der Waals surface area (Å²) in [4.78, 5) is 16.0. The summed E-state index contributed by atoms with van der Waals surface area (Å²) in [7, 11) is 0. The van der Waals surface area contributed by atoms with Gasteiger partial charge in [-0.1, -0.05) is 16.8 Å². The van der Waals surface area contributed by atoms with Crippen molar-refractivity contribution < 1.29 is 9.32 Å². The lowest BCUT2D eigenvalue weighted by atomic mass is 10.0. The summed E-state index contributed by atoms with van der Waals surface area (Å²) >= 11 is 7.38. The van der Waals surface area contributed by atoms with E-state index in [9.17, 15) is 10.1 Å². The number of halogens is 1. The molecule has 0 unspecified atom stereocenters. The number of nitrogens with zero attached hydrogens (tertiary/aromatic N) is 5. The highest BCUT2D eigenvalue weighted by Gasteiger charge is 2.25. The van der Waals surface area contributed by atoms with Gasteiger partial charge in [-0.3, -0.25) is 9.48 Å². The molecular formula is C21H23ClN6O2S. The molecule has 8 nitrogen and oxygen atoms in total. The molecule has 3 aromatic heterocycles. The van der Waals surface area contributed by atoms with E-state index in [2.05, 4.69) is 40.4 Å². The molecule has 1 fully saturated rings. The van der Waals surface area contributed by atoms with Crippen molar-refractivity contribution in [1.82, 2.24) is 25.2 Å². The number of carbonyl (C=O) groups excluding carboxylic acids is 1. The van der Waals surface area contributed by atoms with Crippen LogP contribution in [-0.2, 0) is 6.54 Å². The second-order valence-corrected chi connectivity index (χ2v) is 9.58. The zero-order valence-electron chi connectivity index (χ0n) is 17.3. The van der Waals surface area contributed by atoms with E-state index in [-0.39, 0.29) is 29.8 Å². The Balaban J connectivity index is 1.42. The Hall–Kier alpha value is -2.67. The van der Waals surface area contributed by atoms with E-state index in [0.29, 0.717) is 21.8 Å². The van der Waals surface area contributed by atoms with Crippen molar-refractivity contribution in [3.63, 3.8) is 0 Å². The van der Waals surface area contributed by atoms with Crippen LogP contribution in [-0.4, -0.2) is 50.9 Å². The van der Waals surface area contributed by atoms with Gasteiger partial charge < -0.3 is 14.7 Å². The van der Waals surface area contributed by atoms with Gasteiger partial charge in [0.15, 0.2) is 11.5 Å². The molecule has 4 heterocycles. The first-order valence-electron chi connectivity index (χ1n) is 10.2. The number of rotatable bonds is 6. The van der Waals surface area contributed by atoms with Crippen molar-refractivity contribution in [3.8, 4) is 16.7 Å². The maximum atomic E-state index is 12.8. The fourth-order valence-corrected chi connectivity index (χ4v) is 4.67. The Morgan fingerprint density at radius 3 is 2.84 bits per heavy atom. The Morgan fingerprint density at radius 2 is 2.19 bits per heavy atom. The van der Waals surface area contributed by atoms with Crippen molar-refractivity contribution in [2.75, 3.05) is 13.1 Å². The topological polar surface area (TPSA) is 100.0 Å². The van der Waals surface area contributed by atoms with Crippen LogP contribution in [0.25, 0.3) is 10.6 Å². The van der Waals surface area contributed by atoms with Gasteiger partial charge >= 0.3 is 0 Å². The van der Waals surface area contributed by atoms with E-state index in [0.717, 1.165) is 30.8 Å². The summed E-state index contributed by atoms with van der Waals surface area (Å²) in [6.45, 7) is 6.55. The Morgan fingerprint density at radius 1 is 1.42 bits per heavy atom. The summed E-state index contributed by atoms with van der Waals surface area (Å²) in [5.74, 6) is 0.303. The monoisotopic (exact) mass is 458 g/mol. The first-order valence-corrected chi connectivity index (χ1v) is 11.4. The molecule has 0 aliphatic carbocycles. The Kier molecular flexibility index (Phi) is 6.41. The molecule has 4 rings (SSSR count). The minimum absolute atomic E-state index is 0.0925. The fourth-order valence-electron chi connectivity index (χ4n) is 3.68. The molecule has 162 valence electrons. The molecule has 0 atom stereocenters. The molecule has 0 spiro atoms. The lowest BCUT2D eigenvalue weighted by molar-refractivity contribution is 0.0894. The molecule has 1 aliphatic heterocycles. The lowest BCUT2D eigenvalue weighted by Crippen LogP contribution is -2.46. The third-order valence-corrected chi connectivity index (χ3v) is 6.64. The normalized spacial score (nSPS) is 15.3. The van der Waals surface area contributed by atoms with E-state index in [4.69, 9.17) is 16.1 Å². The van der Waals surface area contributed by atoms with Gasteiger partial charge in [-0.2, -0.15) is 10.4 Å². The molecule has 0 bridgehead atoms. The first kappa shape index (κ1) is 21.6. The SMILES string of the molecule is CC(C)N1CCC(NC(=O)c2nn(Cc3cc(-c4ccc(Cl)s4)on3)cc2C#N)CC1. The molecule has 0 radical (unpaired) electrons. The molecule has 1 N–H and O–H groups in total. The van der Waals surface area contributed by atoms with Gasteiger partial charge in [0.2, 0.25) is 0 Å². The van der Waals surface area contributed by atoms with Crippen molar-refractivity contribution in [2.24, 2.45) is 0 Å². The standard InChI is InChI=1S/C21H23ClN6O2S/c1-13(2)27-7-5-15(6-8-27)24-21(29)20-14(10-23)11-28(25-20)12-16-9-17(30-26-16)18-3-4-19(22)31-18/h3-4,9,11,13,15H,5-8,12H2,1-2H3,(H,24,29). The third-order valence-electron chi connectivity index (χ3n) is 5.39. The second kappa shape index (κ2) is 9.22. The molecule has 0 aromatic carbocycles. The zero-order valence-corrected chi connectivity index (χ0v) is 18.9. The number of nitriles is 1. The number of hydrogen-bond acceptors (Lipinski definition) is 7. The molecule has 31 heavy (non-hydrogen) atoms. The maximum absolute atomic E-state index is 12.8. The van der Waals surface area contributed by atoms with Crippen LogP contribution in [0, 0.1) is 11.3 Å². The number of hydrogen-bond donors (Lipinski definition) is 1. The Bertz CT molecular complexity index is 1100. The highest BCUT2D eigenvalue weighted by atomic mass is 35.5. The van der Waals surface area contributed by atoms with Crippen LogP contribution in [0.3, 0.4) is 0 Å². The highest BCUT2D eigenvalue weighted by Crippen LogP contribution is 2.31. The maximum Gasteiger partial charge on any atom is 0.273 e. The second-order valence-electron chi connectivity index (χ2n) is 7.86. The summed E-state index contributed by atoms with van der Waals surface area (Å²) in [6.07, 6.45) is 3.34. The predicted molar refractivity (Wildman–Crippen MR) is 118 cm³/mol. The van der Waals surface area contributed by atoms with Crippen LogP contribution in [0.2, 0.25) is 4.34 Å². The summed E-state index contributed by atoms with van der Waals surface area (Å²) in [5, 5.41) is 20.9. The van der Waals surface area contributed by atoms with Gasteiger partial charge in [-0.05, 0) is 38.8 Å². The molecule has 10 heteroatoms. The highest BCUT2D eigenvalue weighted by molar-refractivity contribution is 7.19. The fraction of sp³-hybridized carbons (Fsp3) is 0.429. The van der Waals surface area contributed by atoms with Crippen molar-refractivity contribution >= 4 is 28.8 Å². The van der Waals surface area contributed by atoms with E-state index in [1.165, 1.54) is 16.0 Å². The first-order chi connectivity index (χ1) is 14.9. The molecular weight excluding hydrogens is 436 g/mol. The largest absolute Gasteiger partial charge is 0.355 e. The van der Waals surface area contributed by atoms with E-state index in [1.54, 1.807) is 18.3 Å². The van der Waals surface area contributed by atoms with Crippen LogP contribution < -0.4 is 5.32 Å². The average Bonchev–Trinajstić information content (AvgIpc) is 3.48. The van der Waals surface area contributed by atoms with Crippen LogP contribution >= 0.6 is 22.9 Å². The Labute approximate surface area is 189 Å². The molecule has 1 amide bonds. The van der Waals surface area contributed by atoms with Crippen molar-refractivity contribution in [1.29, 1.82) is 5.26 Å². The van der Waals surface area contributed by atoms with E-state index >= 15 is 0 Å². The quantitative estimate of drug-likeness (QED) is 0.603. The number of carbonyl (C=O) groups is 1. The van der Waals surface area contributed by atoms with Gasteiger partial charge in [-0.25, -0.2) is 0 Å². The number of likely N-dealkylation sites (tertiary alicyclic amines) is 1. The molecule has 0 saturated carbocycles. The predicted octanol–water partition coefficient (Wildman–Crippen LogP) is 3.78. The molecule has 3 aromatic rings.